The molecule has 0 unspecified atom stereocenters. The summed E-state index contributed by atoms with van der Waals surface area (Å²) in [6.45, 7) is 0.228. The average molecular weight is 154 g/mol. The van der Waals surface area contributed by atoms with Gasteiger partial charge in [-0.1, -0.05) is 5.57 Å². The number of ketones is 1. The van der Waals surface area contributed by atoms with Gasteiger partial charge in [0.1, 0.15) is 0 Å². The van der Waals surface area contributed by atoms with Crippen molar-refractivity contribution in [3.8, 4) is 0 Å². The van der Waals surface area contributed by atoms with E-state index in [2.05, 4.69) is 0 Å². The van der Waals surface area contributed by atoms with Gasteiger partial charge in [-0.3, -0.25) is 4.79 Å². The zero-order valence-corrected chi connectivity index (χ0v) is 6.68. The van der Waals surface area contributed by atoms with Crippen molar-refractivity contribution in [3.05, 3.63) is 11.6 Å². The molecule has 0 aromatic rings. The summed E-state index contributed by atoms with van der Waals surface area (Å²) in [7, 11) is 0. The predicted molar refractivity (Wildman–Crippen MR) is 43.3 cm³/mol. The van der Waals surface area contributed by atoms with Crippen LogP contribution in [0.25, 0.3) is 0 Å². The third kappa shape index (κ3) is 2.85. The van der Waals surface area contributed by atoms with Crippen LogP contribution in [-0.2, 0) is 4.79 Å². The van der Waals surface area contributed by atoms with Gasteiger partial charge in [0.25, 0.3) is 0 Å². The summed E-state index contributed by atoms with van der Waals surface area (Å²) in [5.41, 5.74) is 1.22. The maximum Gasteiger partial charge on any atom is 0.155 e. The Labute approximate surface area is 66.9 Å². The summed E-state index contributed by atoms with van der Waals surface area (Å²) in [4.78, 5) is 10.9. The van der Waals surface area contributed by atoms with Crippen molar-refractivity contribution in [1.29, 1.82) is 0 Å². The van der Waals surface area contributed by atoms with Crippen molar-refractivity contribution in [1.82, 2.24) is 0 Å². The van der Waals surface area contributed by atoms with Crippen molar-refractivity contribution in [2.75, 3.05) is 6.61 Å². The second kappa shape index (κ2) is 4.29. The van der Waals surface area contributed by atoms with Gasteiger partial charge >= 0.3 is 0 Å². The van der Waals surface area contributed by atoms with Gasteiger partial charge in [-0.05, 0) is 31.8 Å². The van der Waals surface area contributed by atoms with E-state index in [0.717, 1.165) is 25.7 Å². The Hall–Kier alpha value is -0.630. The van der Waals surface area contributed by atoms with E-state index in [4.69, 9.17) is 5.11 Å². The summed E-state index contributed by atoms with van der Waals surface area (Å²) < 4.78 is 0. The fourth-order valence-corrected chi connectivity index (χ4v) is 1.36. The first kappa shape index (κ1) is 8.47. The Morgan fingerprint density at radius 3 is 2.91 bits per heavy atom. The standard InChI is InChI=1S/C9H14O2/c10-6-2-4-8-3-1-5-9(11)7-8/h7,10H,1-6H2. The normalized spacial score (nSPS) is 18.3. The van der Waals surface area contributed by atoms with Crippen LogP contribution in [0.2, 0.25) is 0 Å². The first-order valence-corrected chi connectivity index (χ1v) is 4.16. The van der Waals surface area contributed by atoms with Gasteiger partial charge in [0, 0.05) is 13.0 Å². The van der Waals surface area contributed by atoms with Crippen LogP contribution < -0.4 is 0 Å². The van der Waals surface area contributed by atoms with Gasteiger partial charge in [0.15, 0.2) is 5.78 Å². The number of rotatable bonds is 3. The Morgan fingerprint density at radius 1 is 1.45 bits per heavy atom. The zero-order valence-electron chi connectivity index (χ0n) is 6.68. The lowest BCUT2D eigenvalue weighted by Gasteiger charge is -2.10. The van der Waals surface area contributed by atoms with E-state index in [1.54, 1.807) is 6.08 Å². The van der Waals surface area contributed by atoms with Gasteiger partial charge in [0.05, 0.1) is 0 Å². The maximum atomic E-state index is 10.9. The molecule has 2 heteroatoms. The predicted octanol–water partition coefficient (Wildman–Crippen LogP) is 1.44. The SMILES string of the molecule is O=C1C=C(CCCO)CCC1. The number of aliphatic hydroxyl groups is 1. The average Bonchev–Trinajstić information content (AvgIpc) is 2.01. The van der Waals surface area contributed by atoms with E-state index in [-0.39, 0.29) is 12.4 Å². The van der Waals surface area contributed by atoms with Crippen LogP contribution >= 0.6 is 0 Å². The lowest BCUT2D eigenvalue weighted by atomic mass is 9.95. The second-order valence-corrected chi connectivity index (χ2v) is 2.95. The smallest absolute Gasteiger partial charge is 0.155 e. The van der Waals surface area contributed by atoms with E-state index >= 15 is 0 Å². The van der Waals surface area contributed by atoms with Crippen molar-refractivity contribution < 1.29 is 9.90 Å². The molecule has 0 aromatic carbocycles. The molecular weight excluding hydrogens is 140 g/mol. The lowest BCUT2D eigenvalue weighted by Crippen LogP contribution is -2.02. The molecule has 0 aromatic heterocycles. The molecule has 0 amide bonds. The van der Waals surface area contributed by atoms with Crippen molar-refractivity contribution in [3.63, 3.8) is 0 Å². The number of hydrogen-bond acceptors (Lipinski definition) is 2. The summed E-state index contributed by atoms with van der Waals surface area (Å²) in [6, 6.07) is 0. The van der Waals surface area contributed by atoms with Gasteiger partial charge in [-0.2, -0.15) is 0 Å². The van der Waals surface area contributed by atoms with Crippen LogP contribution in [0.4, 0.5) is 0 Å². The number of hydrogen-bond donors (Lipinski definition) is 1. The molecule has 62 valence electrons. The molecule has 0 atom stereocenters. The molecular formula is C9H14O2. The topological polar surface area (TPSA) is 37.3 Å². The third-order valence-corrected chi connectivity index (χ3v) is 1.94. The molecule has 0 radical (unpaired) electrons. The molecule has 0 saturated carbocycles. The molecule has 2 nitrogen and oxygen atoms in total. The molecule has 1 aliphatic rings. The quantitative estimate of drug-likeness (QED) is 0.667. The van der Waals surface area contributed by atoms with Gasteiger partial charge in [-0.15, -0.1) is 0 Å². The molecule has 1 N–H and O–H groups in total. The number of carbonyl (C=O) groups is 1. The molecule has 0 aliphatic heterocycles. The van der Waals surface area contributed by atoms with E-state index in [1.807, 2.05) is 0 Å². The Balaban J connectivity index is 2.37. The highest BCUT2D eigenvalue weighted by molar-refractivity contribution is 5.91. The second-order valence-electron chi connectivity index (χ2n) is 2.95. The van der Waals surface area contributed by atoms with Crippen LogP contribution in [0.3, 0.4) is 0 Å². The van der Waals surface area contributed by atoms with E-state index in [1.165, 1.54) is 5.57 Å². The zero-order chi connectivity index (χ0) is 8.10. The highest BCUT2D eigenvalue weighted by Crippen LogP contribution is 2.18. The Morgan fingerprint density at radius 2 is 2.27 bits per heavy atom. The number of aliphatic hydroxyl groups excluding tert-OH is 1. The van der Waals surface area contributed by atoms with E-state index in [0.29, 0.717) is 6.42 Å². The van der Waals surface area contributed by atoms with Gasteiger partial charge in [-0.25, -0.2) is 0 Å². The summed E-state index contributed by atoms with van der Waals surface area (Å²) in [5.74, 6) is 0.254. The first-order valence-electron chi connectivity index (χ1n) is 4.16. The number of carbonyl (C=O) groups excluding carboxylic acids is 1. The third-order valence-electron chi connectivity index (χ3n) is 1.94. The maximum absolute atomic E-state index is 10.9. The van der Waals surface area contributed by atoms with Crippen LogP contribution in [0.5, 0.6) is 0 Å². The minimum Gasteiger partial charge on any atom is -0.396 e. The highest BCUT2D eigenvalue weighted by atomic mass is 16.2. The van der Waals surface area contributed by atoms with Crippen LogP contribution in [-0.4, -0.2) is 17.5 Å². The summed E-state index contributed by atoms with van der Waals surface area (Å²) in [6.07, 6.45) is 6.19. The molecule has 0 fully saturated rings. The molecule has 0 spiro atoms. The van der Waals surface area contributed by atoms with Crippen molar-refractivity contribution >= 4 is 5.78 Å². The van der Waals surface area contributed by atoms with Crippen molar-refractivity contribution in [2.24, 2.45) is 0 Å². The molecule has 0 heterocycles. The first-order chi connectivity index (χ1) is 5.33. The molecule has 1 aliphatic carbocycles. The fraction of sp³-hybridized carbons (Fsp3) is 0.667. The van der Waals surface area contributed by atoms with Gasteiger partial charge < -0.3 is 5.11 Å². The van der Waals surface area contributed by atoms with Crippen molar-refractivity contribution in [2.45, 2.75) is 32.1 Å². The summed E-state index contributed by atoms with van der Waals surface area (Å²) in [5, 5.41) is 8.55. The number of allylic oxidation sites excluding steroid dienone is 2. The highest BCUT2D eigenvalue weighted by Gasteiger charge is 2.08. The lowest BCUT2D eigenvalue weighted by molar-refractivity contribution is -0.115. The minimum atomic E-state index is 0.228. The minimum absolute atomic E-state index is 0.228. The Bertz CT molecular complexity index is 170. The van der Waals surface area contributed by atoms with Gasteiger partial charge in [0.2, 0.25) is 0 Å². The molecule has 0 saturated heterocycles. The fourth-order valence-electron chi connectivity index (χ4n) is 1.36. The largest absolute Gasteiger partial charge is 0.396 e. The molecule has 1 rings (SSSR count). The van der Waals surface area contributed by atoms with Crippen LogP contribution in [0.1, 0.15) is 32.1 Å². The Kier molecular flexibility index (Phi) is 3.30. The molecule has 0 bridgehead atoms. The van der Waals surface area contributed by atoms with E-state index < -0.39 is 0 Å². The van der Waals surface area contributed by atoms with Crippen LogP contribution in [0.15, 0.2) is 11.6 Å². The summed E-state index contributed by atoms with van der Waals surface area (Å²) >= 11 is 0. The monoisotopic (exact) mass is 154 g/mol. The molecule has 11 heavy (non-hydrogen) atoms. The van der Waals surface area contributed by atoms with E-state index in [9.17, 15) is 4.79 Å². The van der Waals surface area contributed by atoms with Crippen LogP contribution in [0, 0.1) is 0 Å².